The highest BCUT2D eigenvalue weighted by atomic mass is 16.5. The highest BCUT2D eigenvalue weighted by Gasteiger charge is 2.10. The lowest BCUT2D eigenvalue weighted by molar-refractivity contribution is -0.105. The molecule has 0 atom stereocenters. The SMILES string of the molecule is CC(C)Oc1ccc(C(=N)c2cc(NC=O)ccc2N)cn1. The fourth-order valence-corrected chi connectivity index (χ4v) is 1.93. The van der Waals surface area contributed by atoms with Gasteiger partial charge in [-0.25, -0.2) is 4.98 Å². The van der Waals surface area contributed by atoms with E-state index in [1.54, 1.807) is 36.5 Å². The third-order valence-electron chi connectivity index (χ3n) is 2.93. The molecule has 0 aliphatic rings. The van der Waals surface area contributed by atoms with Gasteiger partial charge < -0.3 is 15.8 Å². The van der Waals surface area contributed by atoms with Gasteiger partial charge in [0.2, 0.25) is 12.3 Å². The van der Waals surface area contributed by atoms with Crippen LogP contribution in [0.2, 0.25) is 0 Å². The number of anilines is 2. The second-order valence-electron chi connectivity index (χ2n) is 4.99. The molecule has 0 saturated carbocycles. The van der Waals surface area contributed by atoms with Crippen molar-refractivity contribution in [1.29, 1.82) is 5.41 Å². The van der Waals surface area contributed by atoms with Crippen molar-refractivity contribution >= 4 is 23.5 Å². The van der Waals surface area contributed by atoms with Gasteiger partial charge in [-0.1, -0.05) is 0 Å². The molecule has 1 aromatic carbocycles. The number of ether oxygens (including phenoxy) is 1. The number of hydrogen-bond acceptors (Lipinski definition) is 5. The number of amides is 1. The number of rotatable bonds is 6. The number of nitrogens with two attached hydrogens (primary N) is 1. The summed E-state index contributed by atoms with van der Waals surface area (Å²) in [4.78, 5) is 14.7. The van der Waals surface area contributed by atoms with Crippen LogP contribution in [0.3, 0.4) is 0 Å². The number of benzene rings is 1. The van der Waals surface area contributed by atoms with Crippen LogP contribution in [0, 0.1) is 5.41 Å². The molecule has 6 heteroatoms. The Kier molecular flexibility index (Phi) is 4.73. The van der Waals surface area contributed by atoms with E-state index < -0.39 is 0 Å². The first-order valence-corrected chi connectivity index (χ1v) is 6.83. The molecule has 0 radical (unpaired) electrons. The quantitative estimate of drug-likeness (QED) is 0.433. The van der Waals surface area contributed by atoms with Gasteiger partial charge >= 0.3 is 0 Å². The number of aromatic nitrogens is 1. The number of nitrogens with zero attached hydrogens (tertiary/aromatic N) is 1. The average Bonchev–Trinajstić information content (AvgIpc) is 2.49. The van der Waals surface area contributed by atoms with E-state index in [0.29, 0.717) is 34.8 Å². The normalized spacial score (nSPS) is 10.3. The summed E-state index contributed by atoms with van der Waals surface area (Å²) in [7, 11) is 0. The molecule has 0 bridgehead atoms. The third-order valence-corrected chi connectivity index (χ3v) is 2.93. The van der Waals surface area contributed by atoms with Crippen LogP contribution in [0.25, 0.3) is 0 Å². The van der Waals surface area contributed by atoms with Gasteiger partial charge in [-0.05, 0) is 38.1 Å². The van der Waals surface area contributed by atoms with E-state index in [9.17, 15) is 4.79 Å². The first kappa shape index (κ1) is 15.5. The molecule has 0 fully saturated rings. The van der Waals surface area contributed by atoms with Gasteiger partial charge in [0, 0.05) is 34.8 Å². The summed E-state index contributed by atoms with van der Waals surface area (Å²) in [5, 5.41) is 10.8. The van der Waals surface area contributed by atoms with Gasteiger partial charge in [-0.3, -0.25) is 10.2 Å². The summed E-state index contributed by atoms with van der Waals surface area (Å²) in [6.45, 7) is 3.84. The molecule has 0 aliphatic carbocycles. The Morgan fingerprint density at radius 2 is 2.14 bits per heavy atom. The third kappa shape index (κ3) is 3.60. The molecule has 0 spiro atoms. The second-order valence-corrected chi connectivity index (χ2v) is 4.99. The van der Waals surface area contributed by atoms with Gasteiger partial charge in [-0.2, -0.15) is 0 Å². The van der Waals surface area contributed by atoms with Crippen molar-refractivity contribution in [3.8, 4) is 5.88 Å². The fraction of sp³-hybridized carbons (Fsp3) is 0.188. The van der Waals surface area contributed by atoms with Crippen molar-refractivity contribution in [2.45, 2.75) is 20.0 Å². The lowest BCUT2D eigenvalue weighted by Gasteiger charge is -2.11. The summed E-state index contributed by atoms with van der Waals surface area (Å²) in [5.41, 5.74) is 8.34. The van der Waals surface area contributed by atoms with E-state index in [0.717, 1.165) is 0 Å². The van der Waals surface area contributed by atoms with E-state index in [1.807, 2.05) is 13.8 Å². The number of hydrogen-bond donors (Lipinski definition) is 3. The molecule has 1 amide bonds. The van der Waals surface area contributed by atoms with Gasteiger partial charge in [0.25, 0.3) is 0 Å². The zero-order chi connectivity index (χ0) is 16.1. The lowest BCUT2D eigenvalue weighted by atomic mass is 10.0. The van der Waals surface area contributed by atoms with Crippen LogP contribution >= 0.6 is 0 Å². The minimum Gasteiger partial charge on any atom is -0.475 e. The van der Waals surface area contributed by atoms with Crippen LogP contribution in [0.1, 0.15) is 25.0 Å². The van der Waals surface area contributed by atoms with Gasteiger partial charge in [0.1, 0.15) is 0 Å². The Labute approximate surface area is 128 Å². The first-order valence-electron chi connectivity index (χ1n) is 6.83. The van der Waals surface area contributed by atoms with Crippen LogP contribution in [0.15, 0.2) is 36.5 Å². The molecule has 1 aromatic heterocycles. The van der Waals surface area contributed by atoms with Crippen LogP contribution < -0.4 is 15.8 Å². The van der Waals surface area contributed by atoms with E-state index >= 15 is 0 Å². The first-order chi connectivity index (χ1) is 10.5. The van der Waals surface area contributed by atoms with Crippen LogP contribution in [0.4, 0.5) is 11.4 Å². The Hall–Kier alpha value is -2.89. The summed E-state index contributed by atoms with van der Waals surface area (Å²) in [6.07, 6.45) is 2.19. The number of carbonyl (C=O) groups excluding carboxylic acids is 1. The van der Waals surface area contributed by atoms with Crippen LogP contribution in [-0.2, 0) is 4.79 Å². The van der Waals surface area contributed by atoms with Crippen molar-refractivity contribution in [2.24, 2.45) is 0 Å². The molecule has 2 aromatic rings. The van der Waals surface area contributed by atoms with Crippen molar-refractivity contribution < 1.29 is 9.53 Å². The molecule has 0 unspecified atom stereocenters. The molecule has 0 aliphatic heterocycles. The summed E-state index contributed by atoms with van der Waals surface area (Å²) in [5.74, 6) is 0.510. The number of carbonyl (C=O) groups is 1. The zero-order valence-corrected chi connectivity index (χ0v) is 12.5. The number of nitrogens with one attached hydrogen (secondary N) is 2. The minimum atomic E-state index is 0.0412. The Balaban J connectivity index is 2.27. The Morgan fingerprint density at radius 3 is 2.73 bits per heavy atom. The van der Waals surface area contributed by atoms with Gasteiger partial charge in [-0.15, -0.1) is 0 Å². The molecule has 0 saturated heterocycles. The second kappa shape index (κ2) is 6.71. The average molecular weight is 298 g/mol. The molecule has 114 valence electrons. The fourth-order valence-electron chi connectivity index (χ4n) is 1.93. The summed E-state index contributed by atoms with van der Waals surface area (Å²) in [6, 6.07) is 8.46. The smallest absolute Gasteiger partial charge is 0.213 e. The van der Waals surface area contributed by atoms with Crippen molar-refractivity contribution in [3.05, 3.63) is 47.7 Å². The van der Waals surface area contributed by atoms with E-state index in [4.69, 9.17) is 15.9 Å². The molecular weight excluding hydrogens is 280 g/mol. The zero-order valence-electron chi connectivity index (χ0n) is 12.5. The number of pyridine rings is 1. The summed E-state index contributed by atoms with van der Waals surface area (Å²) < 4.78 is 5.47. The molecule has 2 rings (SSSR count). The van der Waals surface area contributed by atoms with Gasteiger partial charge in [0.15, 0.2) is 0 Å². The molecule has 6 nitrogen and oxygen atoms in total. The highest BCUT2D eigenvalue weighted by molar-refractivity contribution is 6.14. The summed E-state index contributed by atoms with van der Waals surface area (Å²) >= 11 is 0. The van der Waals surface area contributed by atoms with Gasteiger partial charge in [0.05, 0.1) is 11.8 Å². The maximum atomic E-state index is 10.5. The van der Waals surface area contributed by atoms with E-state index in [-0.39, 0.29) is 11.8 Å². The molecule has 22 heavy (non-hydrogen) atoms. The molecule has 4 N–H and O–H groups in total. The van der Waals surface area contributed by atoms with E-state index in [1.165, 1.54) is 0 Å². The Bertz CT molecular complexity index is 681. The monoisotopic (exact) mass is 298 g/mol. The number of nitrogen functional groups attached to an aromatic ring is 1. The topological polar surface area (TPSA) is 101 Å². The predicted molar refractivity (Wildman–Crippen MR) is 86.5 cm³/mol. The highest BCUT2D eigenvalue weighted by Crippen LogP contribution is 2.21. The van der Waals surface area contributed by atoms with Crippen molar-refractivity contribution in [3.63, 3.8) is 0 Å². The largest absolute Gasteiger partial charge is 0.475 e. The molecular formula is C16H18N4O2. The minimum absolute atomic E-state index is 0.0412. The standard InChI is InChI=1S/C16H18N4O2/c1-10(2)22-15-6-3-11(8-19-15)16(18)13-7-12(20-9-21)4-5-14(13)17/h3-10,18H,17H2,1-2H3,(H,20,21). The maximum absolute atomic E-state index is 10.5. The van der Waals surface area contributed by atoms with Crippen LogP contribution in [-0.4, -0.2) is 23.2 Å². The van der Waals surface area contributed by atoms with Crippen molar-refractivity contribution in [2.75, 3.05) is 11.1 Å². The van der Waals surface area contributed by atoms with Crippen molar-refractivity contribution in [1.82, 2.24) is 4.98 Å². The Morgan fingerprint density at radius 1 is 1.36 bits per heavy atom. The van der Waals surface area contributed by atoms with E-state index in [2.05, 4.69) is 10.3 Å². The predicted octanol–water partition coefficient (Wildman–Crippen LogP) is 2.44. The van der Waals surface area contributed by atoms with Crippen LogP contribution in [0.5, 0.6) is 5.88 Å². The molecule has 1 heterocycles. The lowest BCUT2D eigenvalue weighted by Crippen LogP contribution is -2.09. The maximum Gasteiger partial charge on any atom is 0.213 e.